The van der Waals surface area contributed by atoms with Crippen LogP contribution in [0.4, 0.5) is 0 Å². The molecule has 0 radical (unpaired) electrons. The number of carbonyl (C=O) groups is 2. The number of rotatable bonds is 5. The molecule has 4 nitrogen and oxygen atoms in total. The van der Waals surface area contributed by atoms with Gasteiger partial charge in [0.1, 0.15) is 6.04 Å². The van der Waals surface area contributed by atoms with Crippen molar-refractivity contribution >= 4 is 27.7 Å². The van der Waals surface area contributed by atoms with Gasteiger partial charge in [-0.3, -0.25) is 19.4 Å². The largest absolute Gasteiger partial charge is 0.284 e. The molecule has 1 unspecified atom stereocenters. The van der Waals surface area contributed by atoms with Crippen molar-refractivity contribution in [1.82, 2.24) is 9.80 Å². The van der Waals surface area contributed by atoms with Gasteiger partial charge >= 0.3 is 0 Å². The van der Waals surface area contributed by atoms with Gasteiger partial charge in [-0.25, -0.2) is 0 Å². The van der Waals surface area contributed by atoms with E-state index in [4.69, 9.17) is 0 Å². The molecule has 2 aliphatic rings. The second-order valence-electron chi connectivity index (χ2n) is 10.1. The smallest absolute Gasteiger partial charge is 0.260 e. The molecule has 36 heavy (non-hydrogen) atoms. The van der Waals surface area contributed by atoms with E-state index in [0.29, 0.717) is 12.1 Å². The van der Waals surface area contributed by atoms with Gasteiger partial charge in [0.15, 0.2) is 0 Å². The van der Waals surface area contributed by atoms with E-state index in [-0.39, 0.29) is 17.9 Å². The molecule has 5 rings (SSSR count). The molecule has 0 spiro atoms. The van der Waals surface area contributed by atoms with E-state index in [1.165, 1.54) is 11.1 Å². The molecular weight excluding hydrogens is 512 g/mol. The third-order valence-corrected chi connectivity index (χ3v) is 8.38. The Morgan fingerprint density at radius 2 is 1.56 bits per heavy atom. The maximum atomic E-state index is 14.6. The highest BCUT2D eigenvalue weighted by molar-refractivity contribution is 9.10. The molecule has 3 aromatic rings. The molecule has 0 saturated heterocycles. The third-order valence-electron chi connectivity index (χ3n) is 7.65. The summed E-state index contributed by atoms with van der Waals surface area (Å²) in [6.07, 6.45) is 5.89. The Labute approximate surface area is 222 Å². The number of amides is 2. The van der Waals surface area contributed by atoms with Crippen molar-refractivity contribution in [2.24, 2.45) is 0 Å². The topological polar surface area (TPSA) is 40.6 Å². The van der Waals surface area contributed by atoms with Crippen LogP contribution in [0.1, 0.15) is 70.8 Å². The van der Waals surface area contributed by atoms with Crippen LogP contribution in [0.5, 0.6) is 0 Å². The molecule has 2 amide bonds. The lowest BCUT2D eigenvalue weighted by molar-refractivity contribution is -0.137. The first kappa shape index (κ1) is 24.9. The lowest BCUT2D eigenvalue weighted by atomic mass is 9.91. The van der Waals surface area contributed by atoms with E-state index < -0.39 is 6.04 Å². The fourth-order valence-electron chi connectivity index (χ4n) is 5.67. The standard InChI is InChI=1S/C31H33BrN2O2/c1-22-15-17-24(18-16-22)30(35)34(26-11-3-2-4-12-26)31(36)29(27-13-7-8-14-28(27)32)33-20-19-23-9-5-6-10-25(23)21-33/h5-10,13-18,26,29H,2-4,11-12,19-21H2,1H3. The Hall–Kier alpha value is -2.76. The van der Waals surface area contributed by atoms with Crippen LogP contribution in [0.3, 0.4) is 0 Å². The molecule has 5 heteroatoms. The van der Waals surface area contributed by atoms with Crippen LogP contribution in [-0.4, -0.2) is 34.2 Å². The van der Waals surface area contributed by atoms with Crippen LogP contribution in [0.15, 0.2) is 77.3 Å². The number of carbonyl (C=O) groups excluding carboxylic acids is 2. The summed E-state index contributed by atoms with van der Waals surface area (Å²) in [5.74, 6) is -0.292. The normalized spacial score (nSPS) is 17.3. The summed E-state index contributed by atoms with van der Waals surface area (Å²) >= 11 is 3.72. The Kier molecular flexibility index (Phi) is 7.68. The number of benzene rings is 3. The van der Waals surface area contributed by atoms with Crippen LogP contribution >= 0.6 is 15.9 Å². The van der Waals surface area contributed by atoms with Gasteiger partial charge < -0.3 is 0 Å². The Morgan fingerprint density at radius 3 is 2.28 bits per heavy atom. The van der Waals surface area contributed by atoms with Gasteiger partial charge in [-0.2, -0.15) is 0 Å². The first-order chi connectivity index (χ1) is 17.5. The van der Waals surface area contributed by atoms with Gasteiger partial charge in [-0.1, -0.05) is 95.4 Å². The predicted octanol–water partition coefficient (Wildman–Crippen LogP) is 6.86. The van der Waals surface area contributed by atoms with Crippen molar-refractivity contribution < 1.29 is 9.59 Å². The summed E-state index contributed by atoms with van der Waals surface area (Å²) in [6, 6.07) is 23.4. The Balaban J connectivity index is 1.56. The minimum Gasteiger partial charge on any atom is -0.284 e. The van der Waals surface area contributed by atoms with Gasteiger partial charge in [0.05, 0.1) is 0 Å². The Morgan fingerprint density at radius 1 is 0.889 bits per heavy atom. The number of nitrogens with zero attached hydrogens (tertiary/aromatic N) is 2. The molecule has 1 aliphatic carbocycles. The molecule has 0 N–H and O–H groups in total. The molecule has 1 heterocycles. The lowest BCUT2D eigenvalue weighted by Gasteiger charge is -2.40. The maximum absolute atomic E-state index is 14.6. The minimum atomic E-state index is -0.537. The maximum Gasteiger partial charge on any atom is 0.260 e. The lowest BCUT2D eigenvalue weighted by Crippen LogP contribution is -2.51. The molecule has 1 aliphatic heterocycles. The highest BCUT2D eigenvalue weighted by Gasteiger charge is 2.40. The molecule has 0 bridgehead atoms. The average molecular weight is 546 g/mol. The molecular formula is C31H33BrN2O2. The number of fused-ring (bicyclic) bond motifs is 1. The summed E-state index contributed by atoms with van der Waals surface area (Å²) < 4.78 is 0.897. The average Bonchev–Trinajstić information content (AvgIpc) is 2.91. The van der Waals surface area contributed by atoms with E-state index >= 15 is 0 Å². The van der Waals surface area contributed by atoms with Crippen molar-refractivity contribution in [3.05, 3.63) is 105 Å². The quantitative estimate of drug-likeness (QED) is 0.352. The SMILES string of the molecule is Cc1ccc(C(=O)N(C(=O)C(c2ccccc2Br)N2CCc3ccccc3C2)C2CCCCC2)cc1. The molecule has 3 aromatic carbocycles. The van der Waals surface area contributed by atoms with E-state index in [2.05, 4.69) is 45.1 Å². The van der Waals surface area contributed by atoms with Crippen molar-refractivity contribution in [3.8, 4) is 0 Å². The van der Waals surface area contributed by atoms with E-state index in [1.807, 2.05) is 55.5 Å². The molecule has 186 valence electrons. The van der Waals surface area contributed by atoms with E-state index in [1.54, 1.807) is 4.90 Å². The summed E-state index contributed by atoms with van der Waals surface area (Å²) in [5.41, 5.74) is 5.18. The minimum absolute atomic E-state index is 0.0675. The zero-order valence-corrected chi connectivity index (χ0v) is 22.4. The first-order valence-corrected chi connectivity index (χ1v) is 13.8. The second kappa shape index (κ2) is 11.1. The predicted molar refractivity (Wildman–Crippen MR) is 147 cm³/mol. The van der Waals surface area contributed by atoms with Crippen molar-refractivity contribution in [2.45, 2.75) is 64.1 Å². The van der Waals surface area contributed by atoms with E-state index in [0.717, 1.165) is 60.7 Å². The number of halogens is 1. The fourth-order valence-corrected chi connectivity index (χ4v) is 6.17. The number of hydrogen-bond acceptors (Lipinski definition) is 3. The molecule has 1 fully saturated rings. The first-order valence-electron chi connectivity index (χ1n) is 13.0. The van der Waals surface area contributed by atoms with Gasteiger partial charge in [0.25, 0.3) is 11.8 Å². The van der Waals surface area contributed by atoms with Gasteiger partial charge in [0.2, 0.25) is 0 Å². The Bertz CT molecular complexity index is 1230. The zero-order chi connectivity index (χ0) is 25.1. The van der Waals surface area contributed by atoms with Crippen molar-refractivity contribution in [1.29, 1.82) is 0 Å². The summed E-state index contributed by atoms with van der Waals surface area (Å²) in [6.45, 7) is 3.46. The fraction of sp³-hybridized carbons (Fsp3) is 0.355. The summed E-state index contributed by atoms with van der Waals surface area (Å²) in [5, 5.41) is 0. The summed E-state index contributed by atoms with van der Waals surface area (Å²) in [7, 11) is 0. The summed E-state index contributed by atoms with van der Waals surface area (Å²) in [4.78, 5) is 32.5. The van der Waals surface area contributed by atoms with Crippen LogP contribution in [0.2, 0.25) is 0 Å². The van der Waals surface area contributed by atoms with Crippen molar-refractivity contribution in [3.63, 3.8) is 0 Å². The number of aryl methyl sites for hydroxylation is 1. The van der Waals surface area contributed by atoms with E-state index in [9.17, 15) is 9.59 Å². The van der Waals surface area contributed by atoms with Gasteiger partial charge in [-0.15, -0.1) is 0 Å². The number of hydrogen-bond donors (Lipinski definition) is 0. The van der Waals surface area contributed by atoms with Crippen LogP contribution < -0.4 is 0 Å². The van der Waals surface area contributed by atoms with Gasteiger partial charge in [-0.05, 0) is 61.1 Å². The molecule has 1 atom stereocenters. The van der Waals surface area contributed by atoms with Gasteiger partial charge in [0, 0.05) is 29.2 Å². The zero-order valence-electron chi connectivity index (χ0n) is 20.8. The third kappa shape index (κ3) is 5.18. The highest BCUT2D eigenvalue weighted by Crippen LogP contribution is 2.36. The van der Waals surface area contributed by atoms with Crippen LogP contribution in [-0.2, 0) is 17.8 Å². The van der Waals surface area contributed by atoms with Crippen LogP contribution in [0.25, 0.3) is 0 Å². The van der Waals surface area contributed by atoms with Crippen LogP contribution in [0, 0.1) is 6.92 Å². The second-order valence-corrected chi connectivity index (χ2v) is 10.9. The monoisotopic (exact) mass is 544 g/mol. The molecule has 0 aromatic heterocycles. The van der Waals surface area contributed by atoms with Crippen molar-refractivity contribution in [2.75, 3.05) is 6.54 Å². The number of imide groups is 1. The highest BCUT2D eigenvalue weighted by atomic mass is 79.9. The molecule has 1 saturated carbocycles.